The monoisotopic (exact) mass is 508 g/mol. The Kier molecular flexibility index (Phi) is 6.62. The van der Waals surface area contributed by atoms with Crippen LogP contribution in [0.25, 0.3) is 0 Å². The van der Waals surface area contributed by atoms with Gasteiger partial charge in [-0.3, -0.25) is 9.59 Å². The number of rotatable bonds is 6. The van der Waals surface area contributed by atoms with Crippen LogP contribution < -0.4 is 14.4 Å². The van der Waals surface area contributed by atoms with Gasteiger partial charge in [0.2, 0.25) is 0 Å². The molecule has 38 heavy (non-hydrogen) atoms. The molecule has 1 amide bonds. The predicted octanol–water partition coefficient (Wildman–Crippen LogP) is 5.69. The molecule has 1 saturated carbocycles. The second kappa shape index (κ2) is 10.4. The third kappa shape index (κ3) is 4.78. The summed E-state index contributed by atoms with van der Waals surface area (Å²) in [6.07, 6.45) is 2.79. The Labute approximate surface area is 223 Å². The maximum absolute atomic E-state index is 13.2. The van der Waals surface area contributed by atoms with Crippen molar-refractivity contribution in [3.8, 4) is 11.5 Å². The van der Waals surface area contributed by atoms with E-state index in [0.29, 0.717) is 43.9 Å². The molecule has 0 radical (unpaired) electrons. The van der Waals surface area contributed by atoms with E-state index in [0.717, 1.165) is 54.1 Å². The first-order valence-corrected chi connectivity index (χ1v) is 13.4. The predicted molar refractivity (Wildman–Crippen MR) is 146 cm³/mol. The van der Waals surface area contributed by atoms with E-state index in [2.05, 4.69) is 41.8 Å². The molecule has 6 nitrogen and oxygen atoms in total. The third-order valence-electron chi connectivity index (χ3n) is 7.75. The lowest BCUT2D eigenvalue weighted by Crippen LogP contribution is -2.40. The number of hydrogen-bond acceptors (Lipinski definition) is 5. The van der Waals surface area contributed by atoms with Crippen molar-refractivity contribution in [3.63, 3.8) is 0 Å². The summed E-state index contributed by atoms with van der Waals surface area (Å²) in [5.41, 5.74) is 5.89. The highest BCUT2D eigenvalue weighted by atomic mass is 16.5. The number of carbonyl (C=O) groups excluding carboxylic acids is 2. The fourth-order valence-electron chi connectivity index (χ4n) is 5.71. The smallest absolute Gasteiger partial charge is 0.255 e. The van der Waals surface area contributed by atoms with Crippen molar-refractivity contribution >= 4 is 17.4 Å². The summed E-state index contributed by atoms with van der Waals surface area (Å²) in [7, 11) is 0. The van der Waals surface area contributed by atoms with E-state index in [4.69, 9.17) is 9.47 Å². The number of allylic oxidation sites excluding steroid dienone is 1. The Morgan fingerprint density at radius 1 is 0.974 bits per heavy atom. The summed E-state index contributed by atoms with van der Waals surface area (Å²) in [5.74, 6) is 1.66. The number of para-hydroxylation sites is 2. The second-order valence-corrected chi connectivity index (χ2v) is 10.4. The Hall–Kier alpha value is -4.06. The lowest BCUT2D eigenvalue weighted by molar-refractivity contribution is -0.122. The summed E-state index contributed by atoms with van der Waals surface area (Å²) >= 11 is 0. The molecule has 0 aromatic heterocycles. The maximum atomic E-state index is 13.2. The number of Topliss-reactive ketones (excluding diaryl/α,β-unsaturated/α-hetero) is 1. The first-order chi connectivity index (χ1) is 18.6. The van der Waals surface area contributed by atoms with Crippen molar-refractivity contribution < 1.29 is 19.1 Å². The van der Waals surface area contributed by atoms with Gasteiger partial charge in [0.05, 0.1) is 24.8 Å². The largest absolute Gasteiger partial charge is 0.490 e. The molecule has 1 fully saturated rings. The molecule has 0 bridgehead atoms. The van der Waals surface area contributed by atoms with E-state index in [1.165, 1.54) is 5.56 Å². The van der Waals surface area contributed by atoms with Crippen LogP contribution in [0.4, 0.5) is 5.69 Å². The van der Waals surface area contributed by atoms with Gasteiger partial charge < -0.3 is 19.3 Å². The molecule has 1 aliphatic carbocycles. The van der Waals surface area contributed by atoms with Crippen LogP contribution in [0.15, 0.2) is 78.9 Å². The number of nitrogens with zero attached hydrogens (tertiary/aromatic N) is 2. The van der Waals surface area contributed by atoms with Crippen LogP contribution in [0.3, 0.4) is 0 Å². The highest BCUT2D eigenvalue weighted by molar-refractivity contribution is 6.02. The molecule has 0 spiro atoms. The first kappa shape index (κ1) is 24.3. The molecule has 0 N–H and O–H groups in total. The quantitative estimate of drug-likeness (QED) is 0.316. The molecule has 1 atom stereocenters. The number of hydrogen-bond donors (Lipinski definition) is 0. The number of fused-ring (bicyclic) bond motifs is 2. The zero-order chi connectivity index (χ0) is 26.1. The van der Waals surface area contributed by atoms with Gasteiger partial charge in [-0.15, -0.1) is 0 Å². The molecule has 3 aromatic carbocycles. The minimum absolute atomic E-state index is 0.0784. The summed E-state index contributed by atoms with van der Waals surface area (Å²) < 4.78 is 12.0. The average Bonchev–Trinajstić information content (AvgIpc) is 3.17. The zero-order valence-electron chi connectivity index (χ0n) is 21.5. The molecular formula is C32H32N2O4. The van der Waals surface area contributed by atoms with Crippen molar-refractivity contribution in [2.75, 3.05) is 18.1 Å². The van der Waals surface area contributed by atoms with Crippen LogP contribution in [-0.4, -0.2) is 35.8 Å². The molecule has 194 valence electrons. The van der Waals surface area contributed by atoms with E-state index in [1.54, 1.807) is 4.90 Å². The van der Waals surface area contributed by atoms with Gasteiger partial charge in [0.25, 0.3) is 5.91 Å². The summed E-state index contributed by atoms with van der Waals surface area (Å²) in [6, 6.07) is 21.9. The normalized spacial score (nSPS) is 19.1. The number of ether oxygens (including phenoxy) is 2. The fraction of sp³-hybridized carbons (Fsp3) is 0.312. The van der Waals surface area contributed by atoms with Gasteiger partial charge in [-0.2, -0.15) is 0 Å². The zero-order valence-corrected chi connectivity index (χ0v) is 21.5. The molecule has 6 heteroatoms. The highest BCUT2D eigenvalue weighted by Gasteiger charge is 2.38. The highest BCUT2D eigenvalue weighted by Crippen LogP contribution is 2.35. The van der Waals surface area contributed by atoms with Crippen molar-refractivity contribution in [1.29, 1.82) is 0 Å². The molecule has 3 aromatic rings. The SMILES string of the molecule is C=C1CCC[C@H](N2Cc3c(OCc4ccc(CN5CCOc6ccccc65)cc4)cccc3C2=O)C(=O)C1. The number of amides is 1. The van der Waals surface area contributed by atoms with Gasteiger partial charge in [0, 0.05) is 24.1 Å². The Balaban J connectivity index is 1.11. The number of ketones is 1. The van der Waals surface area contributed by atoms with Gasteiger partial charge in [-0.1, -0.05) is 54.6 Å². The van der Waals surface area contributed by atoms with Gasteiger partial charge >= 0.3 is 0 Å². The lowest BCUT2D eigenvalue weighted by Gasteiger charge is -2.31. The minimum atomic E-state index is -0.382. The van der Waals surface area contributed by atoms with Gasteiger partial charge in [0.15, 0.2) is 5.78 Å². The number of anilines is 1. The molecule has 2 heterocycles. The lowest BCUT2D eigenvalue weighted by atomic mass is 10.1. The standard InChI is InChI=1S/C32H32N2O4/c1-22-6-4-9-27(29(35)18-22)34-20-26-25(32(34)36)7-5-11-30(26)38-21-24-14-12-23(13-15-24)19-33-16-17-37-31-10-3-2-8-28(31)33/h2-3,5,7-8,10-15,27H,1,4,6,9,16-21H2/t27-/m0/s1. The fourth-order valence-corrected chi connectivity index (χ4v) is 5.71. The topological polar surface area (TPSA) is 59.1 Å². The van der Waals surface area contributed by atoms with Crippen LogP contribution >= 0.6 is 0 Å². The second-order valence-electron chi connectivity index (χ2n) is 10.4. The van der Waals surface area contributed by atoms with Gasteiger partial charge in [-0.05, 0) is 54.7 Å². The third-order valence-corrected chi connectivity index (χ3v) is 7.75. The average molecular weight is 509 g/mol. The molecular weight excluding hydrogens is 476 g/mol. The summed E-state index contributed by atoms with van der Waals surface area (Å²) in [4.78, 5) is 30.1. The van der Waals surface area contributed by atoms with Gasteiger partial charge in [-0.25, -0.2) is 0 Å². The van der Waals surface area contributed by atoms with E-state index >= 15 is 0 Å². The molecule has 3 aliphatic rings. The number of benzene rings is 3. The minimum Gasteiger partial charge on any atom is -0.490 e. The van der Waals surface area contributed by atoms with Crippen molar-refractivity contribution in [2.45, 2.75) is 51.4 Å². The number of carbonyl (C=O) groups is 2. The van der Waals surface area contributed by atoms with Crippen LogP contribution in [0.2, 0.25) is 0 Å². The summed E-state index contributed by atoms with van der Waals surface area (Å²) in [5, 5.41) is 0. The summed E-state index contributed by atoms with van der Waals surface area (Å²) in [6.45, 7) is 7.19. The van der Waals surface area contributed by atoms with E-state index in [9.17, 15) is 9.59 Å². The van der Waals surface area contributed by atoms with Crippen LogP contribution in [-0.2, 0) is 24.5 Å². The Morgan fingerprint density at radius 3 is 2.66 bits per heavy atom. The van der Waals surface area contributed by atoms with Crippen LogP contribution in [0.1, 0.15) is 52.7 Å². The molecule has 6 rings (SSSR count). The Morgan fingerprint density at radius 2 is 1.79 bits per heavy atom. The van der Waals surface area contributed by atoms with E-state index < -0.39 is 0 Å². The maximum Gasteiger partial charge on any atom is 0.255 e. The molecule has 2 aliphatic heterocycles. The molecule has 0 unspecified atom stereocenters. The van der Waals surface area contributed by atoms with E-state index in [1.807, 2.05) is 36.4 Å². The van der Waals surface area contributed by atoms with Crippen molar-refractivity contribution in [3.05, 3.63) is 101 Å². The molecule has 0 saturated heterocycles. The van der Waals surface area contributed by atoms with Crippen LogP contribution in [0, 0.1) is 0 Å². The van der Waals surface area contributed by atoms with Crippen molar-refractivity contribution in [2.24, 2.45) is 0 Å². The Bertz CT molecular complexity index is 1380. The van der Waals surface area contributed by atoms with Crippen LogP contribution in [0.5, 0.6) is 11.5 Å². The van der Waals surface area contributed by atoms with E-state index in [-0.39, 0.29) is 17.7 Å². The van der Waals surface area contributed by atoms with Crippen molar-refractivity contribution in [1.82, 2.24) is 4.90 Å². The van der Waals surface area contributed by atoms with Gasteiger partial charge in [0.1, 0.15) is 24.7 Å². The first-order valence-electron chi connectivity index (χ1n) is 13.4.